The lowest BCUT2D eigenvalue weighted by Crippen LogP contribution is -2.31. The SMILES string of the molecule is CN(C)C1CCN(Cc2ccc(CNC3CC3)cc2Br)C1. The van der Waals surface area contributed by atoms with E-state index < -0.39 is 0 Å². The van der Waals surface area contributed by atoms with Crippen LogP contribution in [0.3, 0.4) is 0 Å². The Morgan fingerprint density at radius 1 is 1.29 bits per heavy atom. The van der Waals surface area contributed by atoms with Gasteiger partial charge in [0.1, 0.15) is 0 Å². The highest BCUT2D eigenvalue weighted by atomic mass is 79.9. The molecule has 0 bridgehead atoms. The fraction of sp³-hybridized carbons (Fsp3) is 0.647. The minimum absolute atomic E-state index is 0.714. The molecule has 1 aliphatic carbocycles. The number of halogens is 1. The Morgan fingerprint density at radius 2 is 2.10 bits per heavy atom. The second kappa shape index (κ2) is 6.78. The molecule has 1 unspecified atom stereocenters. The molecular formula is C17H26BrN3. The minimum atomic E-state index is 0.714. The molecule has 1 aliphatic heterocycles. The third kappa shape index (κ3) is 4.28. The normalized spacial score (nSPS) is 23.1. The molecule has 4 heteroatoms. The molecule has 0 amide bonds. The zero-order chi connectivity index (χ0) is 14.8. The lowest BCUT2D eigenvalue weighted by Gasteiger charge is -2.21. The summed E-state index contributed by atoms with van der Waals surface area (Å²) in [6, 6.07) is 8.33. The molecule has 3 nitrogen and oxygen atoms in total. The van der Waals surface area contributed by atoms with Crippen LogP contribution in [-0.2, 0) is 13.1 Å². The lowest BCUT2D eigenvalue weighted by atomic mass is 10.1. The van der Waals surface area contributed by atoms with E-state index >= 15 is 0 Å². The van der Waals surface area contributed by atoms with Crippen LogP contribution in [0.25, 0.3) is 0 Å². The summed E-state index contributed by atoms with van der Waals surface area (Å²) in [5.74, 6) is 0. The first-order valence-electron chi connectivity index (χ1n) is 8.01. The highest BCUT2D eigenvalue weighted by molar-refractivity contribution is 9.10. The van der Waals surface area contributed by atoms with Crippen molar-refractivity contribution in [1.29, 1.82) is 0 Å². The van der Waals surface area contributed by atoms with E-state index in [1.54, 1.807) is 0 Å². The van der Waals surface area contributed by atoms with E-state index in [1.807, 2.05) is 0 Å². The molecular weight excluding hydrogens is 326 g/mol. The van der Waals surface area contributed by atoms with Crippen molar-refractivity contribution in [3.05, 3.63) is 33.8 Å². The molecule has 116 valence electrons. The Balaban J connectivity index is 1.55. The van der Waals surface area contributed by atoms with E-state index in [1.165, 1.54) is 48.0 Å². The van der Waals surface area contributed by atoms with E-state index in [0.717, 1.165) is 19.1 Å². The Kier molecular flexibility index (Phi) is 4.99. The maximum atomic E-state index is 3.76. The van der Waals surface area contributed by atoms with Gasteiger partial charge < -0.3 is 10.2 Å². The van der Waals surface area contributed by atoms with Gasteiger partial charge in [0.2, 0.25) is 0 Å². The number of likely N-dealkylation sites (N-methyl/N-ethyl adjacent to an activating group) is 1. The van der Waals surface area contributed by atoms with E-state index in [9.17, 15) is 0 Å². The van der Waals surface area contributed by atoms with E-state index in [0.29, 0.717) is 6.04 Å². The van der Waals surface area contributed by atoms with Crippen LogP contribution in [0.15, 0.2) is 22.7 Å². The minimum Gasteiger partial charge on any atom is -0.310 e. The van der Waals surface area contributed by atoms with Gasteiger partial charge >= 0.3 is 0 Å². The summed E-state index contributed by atoms with van der Waals surface area (Å²) in [7, 11) is 4.37. The van der Waals surface area contributed by atoms with Crippen molar-refractivity contribution in [2.45, 2.75) is 44.4 Å². The summed E-state index contributed by atoms with van der Waals surface area (Å²) in [4.78, 5) is 4.91. The fourth-order valence-corrected chi connectivity index (χ4v) is 3.55. The largest absolute Gasteiger partial charge is 0.310 e. The third-order valence-corrected chi connectivity index (χ3v) is 5.40. The standard InChI is InChI=1S/C17H26BrN3/c1-20(2)16-7-8-21(12-16)11-14-4-3-13(9-17(14)18)10-19-15-5-6-15/h3-4,9,15-16,19H,5-8,10-12H2,1-2H3. The molecule has 0 radical (unpaired) electrons. The zero-order valence-electron chi connectivity index (χ0n) is 13.1. The van der Waals surface area contributed by atoms with Gasteiger partial charge in [-0.05, 0) is 50.6 Å². The molecule has 0 spiro atoms. The van der Waals surface area contributed by atoms with Crippen LogP contribution in [-0.4, -0.2) is 49.1 Å². The Labute approximate surface area is 136 Å². The van der Waals surface area contributed by atoms with Gasteiger partial charge in [-0.15, -0.1) is 0 Å². The predicted octanol–water partition coefficient (Wildman–Crippen LogP) is 2.84. The molecule has 1 N–H and O–H groups in total. The molecule has 21 heavy (non-hydrogen) atoms. The van der Waals surface area contributed by atoms with Crippen molar-refractivity contribution in [3.63, 3.8) is 0 Å². The van der Waals surface area contributed by atoms with Gasteiger partial charge in [-0.1, -0.05) is 28.1 Å². The summed E-state index contributed by atoms with van der Waals surface area (Å²) in [5.41, 5.74) is 2.79. The van der Waals surface area contributed by atoms with E-state index in [2.05, 4.69) is 63.3 Å². The van der Waals surface area contributed by atoms with Gasteiger partial charge in [0.25, 0.3) is 0 Å². The fourth-order valence-electron chi connectivity index (χ4n) is 3.00. The molecule has 1 aromatic carbocycles. The first kappa shape index (κ1) is 15.5. The van der Waals surface area contributed by atoms with Gasteiger partial charge in [0.05, 0.1) is 0 Å². The monoisotopic (exact) mass is 351 g/mol. The van der Waals surface area contributed by atoms with Crippen molar-refractivity contribution in [2.75, 3.05) is 27.2 Å². The Hall–Kier alpha value is -0.420. The number of hydrogen-bond acceptors (Lipinski definition) is 3. The van der Waals surface area contributed by atoms with Crippen molar-refractivity contribution >= 4 is 15.9 Å². The van der Waals surface area contributed by atoms with Crippen molar-refractivity contribution in [3.8, 4) is 0 Å². The van der Waals surface area contributed by atoms with E-state index in [4.69, 9.17) is 0 Å². The maximum absolute atomic E-state index is 3.76. The summed E-state index contributed by atoms with van der Waals surface area (Å²) in [6.45, 7) is 4.45. The van der Waals surface area contributed by atoms with Gasteiger partial charge in [-0.25, -0.2) is 0 Å². The van der Waals surface area contributed by atoms with Crippen LogP contribution >= 0.6 is 15.9 Å². The molecule has 2 aliphatic rings. The molecule has 1 atom stereocenters. The number of benzene rings is 1. The number of nitrogens with zero attached hydrogens (tertiary/aromatic N) is 2. The molecule has 1 saturated carbocycles. The second-order valence-electron chi connectivity index (χ2n) is 6.72. The van der Waals surface area contributed by atoms with Gasteiger partial charge in [-0.2, -0.15) is 0 Å². The molecule has 1 aromatic rings. The number of hydrogen-bond donors (Lipinski definition) is 1. The summed E-state index contributed by atoms with van der Waals surface area (Å²) >= 11 is 3.76. The Bertz CT molecular complexity index is 485. The number of nitrogens with one attached hydrogen (secondary N) is 1. The quantitative estimate of drug-likeness (QED) is 0.849. The van der Waals surface area contributed by atoms with Crippen molar-refractivity contribution in [1.82, 2.24) is 15.1 Å². The van der Waals surface area contributed by atoms with Crippen LogP contribution in [0.5, 0.6) is 0 Å². The number of likely N-dealkylation sites (tertiary alicyclic amines) is 1. The smallest absolute Gasteiger partial charge is 0.0245 e. The van der Waals surface area contributed by atoms with E-state index in [-0.39, 0.29) is 0 Å². The second-order valence-corrected chi connectivity index (χ2v) is 7.58. The third-order valence-electron chi connectivity index (χ3n) is 4.66. The average molecular weight is 352 g/mol. The predicted molar refractivity (Wildman–Crippen MR) is 91.4 cm³/mol. The molecule has 2 fully saturated rings. The van der Waals surface area contributed by atoms with Crippen LogP contribution in [0.2, 0.25) is 0 Å². The number of rotatable bonds is 6. The van der Waals surface area contributed by atoms with Gasteiger partial charge in [0, 0.05) is 42.7 Å². The molecule has 1 saturated heterocycles. The average Bonchev–Trinajstić information content (AvgIpc) is 3.16. The topological polar surface area (TPSA) is 18.5 Å². The molecule has 3 rings (SSSR count). The first-order chi connectivity index (χ1) is 10.1. The Morgan fingerprint density at radius 3 is 2.71 bits per heavy atom. The van der Waals surface area contributed by atoms with Gasteiger partial charge in [0.15, 0.2) is 0 Å². The summed E-state index contributed by atoms with van der Waals surface area (Å²) in [6.07, 6.45) is 3.98. The molecule has 1 heterocycles. The van der Waals surface area contributed by atoms with Crippen LogP contribution in [0, 0.1) is 0 Å². The highest BCUT2D eigenvalue weighted by Gasteiger charge is 2.24. The summed E-state index contributed by atoms with van der Waals surface area (Å²) < 4.78 is 1.26. The van der Waals surface area contributed by atoms with Crippen LogP contribution in [0.1, 0.15) is 30.4 Å². The highest BCUT2D eigenvalue weighted by Crippen LogP contribution is 2.24. The summed E-state index contributed by atoms with van der Waals surface area (Å²) in [5, 5.41) is 3.57. The zero-order valence-corrected chi connectivity index (χ0v) is 14.7. The van der Waals surface area contributed by atoms with Crippen LogP contribution < -0.4 is 5.32 Å². The van der Waals surface area contributed by atoms with Gasteiger partial charge in [-0.3, -0.25) is 4.90 Å². The first-order valence-corrected chi connectivity index (χ1v) is 8.80. The lowest BCUT2D eigenvalue weighted by molar-refractivity contribution is 0.264. The maximum Gasteiger partial charge on any atom is 0.0245 e. The van der Waals surface area contributed by atoms with Crippen molar-refractivity contribution < 1.29 is 0 Å². The molecule has 0 aromatic heterocycles. The van der Waals surface area contributed by atoms with Crippen molar-refractivity contribution in [2.24, 2.45) is 0 Å². The van der Waals surface area contributed by atoms with Crippen LogP contribution in [0.4, 0.5) is 0 Å².